The highest BCUT2D eigenvalue weighted by atomic mass is 16.2. The highest BCUT2D eigenvalue weighted by Gasteiger charge is 2.06. The van der Waals surface area contributed by atoms with Crippen molar-refractivity contribution in [2.24, 2.45) is 0 Å². The molecule has 0 aliphatic rings. The van der Waals surface area contributed by atoms with E-state index in [2.05, 4.69) is 15.7 Å². The number of benzene rings is 1. The fourth-order valence-corrected chi connectivity index (χ4v) is 1.74. The van der Waals surface area contributed by atoms with Crippen molar-refractivity contribution in [3.63, 3.8) is 0 Å². The maximum atomic E-state index is 11.9. The van der Waals surface area contributed by atoms with Crippen molar-refractivity contribution in [2.45, 2.75) is 27.3 Å². The van der Waals surface area contributed by atoms with Gasteiger partial charge in [-0.2, -0.15) is 5.10 Å². The number of carbonyl (C=O) groups is 1. The lowest BCUT2D eigenvalue weighted by molar-refractivity contribution is 0.262. The van der Waals surface area contributed by atoms with E-state index in [1.165, 1.54) is 0 Å². The van der Waals surface area contributed by atoms with Crippen molar-refractivity contribution in [3.05, 3.63) is 41.6 Å². The quantitative estimate of drug-likeness (QED) is 0.888. The molecular formula is C14H18N4O. The first-order valence-corrected chi connectivity index (χ1v) is 6.27. The van der Waals surface area contributed by atoms with Crippen molar-refractivity contribution in [3.8, 4) is 0 Å². The number of nitrogens with one attached hydrogen (secondary N) is 2. The molecule has 0 aliphatic heterocycles. The van der Waals surface area contributed by atoms with Gasteiger partial charge in [0.15, 0.2) is 5.82 Å². The van der Waals surface area contributed by atoms with E-state index in [4.69, 9.17) is 0 Å². The molecule has 0 saturated carbocycles. The number of aryl methyl sites for hydroxylation is 3. The molecule has 2 N–H and O–H groups in total. The molecule has 5 nitrogen and oxygen atoms in total. The van der Waals surface area contributed by atoms with E-state index in [0.717, 1.165) is 23.4 Å². The van der Waals surface area contributed by atoms with Crippen LogP contribution in [0.1, 0.15) is 18.1 Å². The van der Waals surface area contributed by atoms with E-state index in [-0.39, 0.29) is 6.03 Å². The van der Waals surface area contributed by atoms with Gasteiger partial charge in [0.05, 0.1) is 0 Å². The molecule has 1 heterocycles. The smallest absolute Gasteiger partial charge is 0.307 e. The van der Waals surface area contributed by atoms with Gasteiger partial charge in [-0.25, -0.2) is 4.79 Å². The van der Waals surface area contributed by atoms with Gasteiger partial charge in [-0.3, -0.25) is 10.00 Å². The summed E-state index contributed by atoms with van der Waals surface area (Å²) in [5, 5.41) is 9.73. The summed E-state index contributed by atoms with van der Waals surface area (Å²) in [5.74, 6) is 0.546. The third kappa shape index (κ3) is 3.34. The molecule has 100 valence electrons. The first-order valence-electron chi connectivity index (χ1n) is 6.27. The molecular weight excluding hydrogens is 240 g/mol. The van der Waals surface area contributed by atoms with Crippen molar-refractivity contribution in [2.75, 3.05) is 10.6 Å². The van der Waals surface area contributed by atoms with Gasteiger partial charge in [-0.15, -0.1) is 0 Å². The minimum atomic E-state index is -0.282. The average molecular weight is 258 g/mol. The van der Waals surface area contributed by atoms with Crippen LogP contribution in [0, 0.1) is 13.8 Å². The number of urea groups is 1. The lowest BCUT2D eigenvalue weighted by Gasteiger charge is -2.09. The van der Waals surface area contributed by atoms with Crippen LogP contribution in [0.15, 0.2) is 30.5 Å². The third-order valence-corrected chi connectivity index (χ3v) is 2.85. The molecule has 5 heteroatoms. The zero-order valence-electron chi connectivity index (χ0n) is 11.4. The summed E-state index contributed by atoms with van der Waals surface area (Å²) in [6, 6.07) is 7.43. The lowest BCUT2D eigenvalue weighted by Crippen LogP contribution is -2.20. The Labute approximate surface area is 112 Å². The van der Waals surface area contributed by atoms with E-state index < -0.39 is 0 Å². The Balaban J connectivity index is 2.03. The Bertz CT molecular complexity index is 589. The van der Waals surface area contributed by atoms with Gasteiger partial charge in [0.2, 0.25) is 0 Å². The number of carbonyl (C=O) groups excluding carboxylic acids is 1. The molecule has 1 aromatic heterocycles. The van der Waals surface area contributed by atoms with Crippen LogP contribution in [0.25, 0.3) is 0 Å². The Morgan fingerprint density at radius 1 is 1.26 bits per heavy atom. The van der Waals surface area contributed by atoms with Crippen LogP contribution < -0.4 is 10.6 Å². The van der Waals surface area contributed by atoms with Gasteiger partial charge in [0.25, 0.3) is 0 Å². The topological polar surface area (TPSA) is 59.0 Å². The summed E-state index contributed by atoms with van der Waals surface area (Å²) in [6.45, 7) is 6.72. The number of hydrogen-bond acceptors (Lipinski definition) is 2. The molecule has 0 spiro atoms. The molecule has 0 unspecified atom stereocenters. The van der Waals surface area contributed by atoms with Crippen molar-refractivity contribution in [1.82, 2.24) is 9.78 Å². The summed E-state index contributed by atoms with van der Waals surface area (Å²) in [4.78, 5) is 11.9. The van der Waals surface area contributed by atoms with E-state index in [0.29, 0.717) is 5.82 Å². The highest BCUT2D eigenvalue weighted by Crippen LogP contribution is 2.16. The monoisotopic (exact) mass is 258 g/mol. The zero-order chi connectivity index (χ0) is 13.8. The van der Waals surface area contributed by atoms with Gasteiger partial charge in [0.1, 0.15) is 0 Å². The van der Waals surface area contributed by atoms with Crippen LogP contribution in [0.4, 0.5) is 16.3 Å². The van der Waals surface area contributed by atoms with Crippen LogP contribution in [0.2, 0.25) is 0 Å². The van der Waals surface area contributed by atoms with E-state index in [1.807, 2.05) is 45.2 Å². The van der Waals surface area contributed by atoms with Crippen molar-refractivity contribution < 1.29 is 4.79 Å². The number of rotatable bonds is 3. The maximum absolute atomic E-state index is 11.9. The summed E-state index contributed by atoms with van der Waals surface area (Å²) in [5.41, 5.74) is 2.95. The number of aromatic nitrogens is 2. The second-order valence-corrected chi connectivity index (χ2v) is 4.45. The Kier molecular flexibility index (Phi) is 3.85. The number of nitrogens with zero attached hydrogens (tertiary/aromatic N) is 2. The predicted octanol–water partition coefficient (Wildman–Crippen LogP) is 3.16. The van der Waals surface area contributed by atoms with E-state index in [9.17, 15) is 4.79 Å². The maximum Gasteiger partial charge on any atom is 0.324 e. The molecule has 1 aromatic carbocycles. The van der Waals surface area contributed by atoms with Gasteiger partial charge in [-0.05, 0) is 38.0 Å². The third-order valence-electron chi connectivity index (χ3n) is 2.85. The zero-order valence-corrected chi connectivity index (χ0v) is 11.4. The van der Waals surface area contributed by atoms with Crippen LogP contribution in [0.5, 0.6) is 0 Å². The predicted molar refractivity (Wildman–Crippen MR) is 76.5 cm³/mol. The minimum absolute atomic E-state index is 0.282. The Hall–Kier alpha value is -2.30. The van der Waals surface area contributed by atoms with E-state index >= 15 is 0 Å². The molecule has 2 amide bonds. The lowest BCUT2D eigenvalue weighted by atomic mass is 10.1. The van der Waals surface area contributed by atoms with Crippen LogP contribution in [-0.4, -0.2) is 15.8 Å². The second-order valence-electron chi connectivity index (χ2n) is 4.45. The normalized spacial score (nSPS) is 10.3. The first kappa shape index (κ1) is 13.1. The van der Waals surface area contributed by atoms with Gasteiger partial charge >= 0.3 is 6.03 Å². The second kappa shape index (κ2) is 5.56. The minimum Gasteiger partial charge on any atom is -0.307 e. The summed E-state index contributed by atoms with van der Waals surface area (Å²) in [7, 11) is 0. The first-order chi connectivity index (χ1) is 9.08. The molecule has 2 rings (SSSR count). The summed E-state index contributed by atoms with van der Waals surface area (Å²) >= 11 is 0. The SMILES string of the molecule is CCn1ccc(NC(=O)Nc2cc(C)ccc2C)n1. The number of amides is 2. The van der Waals surface area contributed by atoms with Gasteiger partial charge < -0.3 is 5.32 Å². The molecule has 0 aliphatic carbocycles. The fourth-order valence-electron chi connectivity index (χ4n) is 1.74. The standard InChI is InChI=1S/C14H18N4O/c1-4-18-8-7-13(17-18)16-14(19)15-12-9-10(2)5-6-11(12)3/h5-9H,4H2,1-3H3,(H2,15,16,17,19). The molecule has 0 saturated heterocycles. The summed E-state index contributed by atoms with van der Waals surface area (Å²) in [6.07, 6.45) is 1.83. The molecule has 0 atom stereocenters. The molecule has 0 fully saturated rings. The van der Waals surface area contributed by atoms with Crippen LogP contribution in [0.3, 0.4) is 0 Å². The van der Waals surface area contributed by atoms with Gasteiger partial charge in [-0.1, -0.05) is 12.1 Å². The van der Waals surface area contributed by atoms with Gasteiger partial charge in [0, 0.05) is 24.5 Å². The van der Waals surface area contributed by atoms with Crippen LogP contribution >= 0.6 is 0 Å². The summed E-state index contributed by atoms with van der Waals surface area (Å²) < 4.78 is 1.76. The highest BCUT2D eigenvalue weighted by molar-refractivity contribution is 5.99. The fraction of sp³-hybridized carbons (Fsp3) is 0.286. The van der Waals surface area contributed by atoms with Crippen LogP contribution in [-0.2, 0) is 6.54 Å². The van der Waals surface area contributed by atoms with Crippen molar-refractivity contribution >= 4 is 17.5 Å². The van der Waals surface area contributed by atoms with Crippen molar-refractivity contribution in [1.29, 1.82) is 0 Å². The molecule has 2 aromatic rings. The molecule has 0 radical (unpaired) electrons. The number of hydrogen-bond donors (Lipinski definition) is 2. The number of anilines is 2. The Morgan fingerprint density at radius 2 is 2.05 bits per heavy atom. The Morgan fingerprint density at radius 3 is 2.74 bits per heavy atom. The average Bonchev–Trinajstić information content (AvgIpc) is 2.81. The molecule has 19 heavy (non-hydrogen) atoms. The molecule has 0 bridgehead atoms. The van der Waals surface area contributed by atoms with E-state index in [1.54, 1.807) is 10.7 Å². The largest absolute Gasteiger partial charge is 0.324 e.